The average molecular weight is 208 g/mol. The van der Waals surface area contributed by atoms with Crippen LogP contribution < -0.4 is 11.5 Å². The van der Waals surface area contributed by atoms with Crippen LogP contribution >= 0.6 is 0 Å². The number of rotatable bonds is 4. The second-order valence-corrected chi connectivity index (χ2v) is 2.15. The molecule has 7 nitrogen and oxygen atoms in total. The zero-order valence-electron chi connectivity index (χ0n) is 8.14. The van der Waals surface area contributed by atoms with Gasteiger partial charge in [0.15, 0.2) is 12.6 Å². The van der Waals surface area contributed by atoms with E-state index in [9.17, 15) is 0 Å². The lowest BCUT2D eigenvalue weighted by Gasteiger charge is -2.15. The topological polar surface area (TPSA) is 128 Å². The summed E-state index contributed by atoms with van der Waals surface area (Å²) >= 11 is 0. The number of carbonyl (C=O) groups excluding carboxylic acids is 1. The first kappa shape index (κ1) is 15.3. The van der Waals surface area contributed by atoms with E-state index in [0.717, 1.165) is 0 Å². The normalized spacial score (nSPS) is 13.4. The number of urea groups is 1. The van der Waals surface area contributed by atoms with Crippen LogP contribution in [0.15, 0.2) is 12.2 Å². The Bertz CT molecular complexity index is 169. The highest BCUT2D eigenvalue weighted by Gasteiger charge is 2.14. The number of hydrogen-bond donors (Lipinski definition) is 4. The van der Waals surface area contributed by atoms with Gasteiger partial charge in [-0.1, -0.05) is 6.58 Å². The first-order valence-electron chi connectivity index (χ1n) is 3.52. The molecule has 2 amide bonds. The smallest absolute Gasteiger partial charge is 0.309 e. The predicted molar refractivity (Wildman–Crippen MR) is 48.9 cm³/mol. The third-order valence-electron chi connectivity index (χ3n) is 1.08. The highest BCUT2D eigenvalue weighted by molar-refractivity contribution is 5.69. The van der Waals surface area contributed by atoms with E-state index in [2.05, 4.69) is 27.5 Å². The SMILES string of the molecule is C=C(C(O)OC)C(O)OC.NC(N)=O. The molecule has 0 aromatic heterocycles. The Morgan fingerprint density at radius 1 is 1.21 bits per heavy atom. The highest BCUT2D eigenvalue weighted by atomic mass is 16.6. The molecule has 0 bridgehead atoms. The standard InChI is InChI=1S/C6H12O4.CH4N2O/c1-4(5(7)9-2)6(8)10-3;2-1(3)4/h5-8H,1H2,2-3H3;(H4,2,3,4). The van der Waals surface area contributed by atoms with E-state index in [0.29, 0.717) is 0 Å². The fraction of sp³-hybridized carbons (Fsp3) is 0.571. The molecular weight excluding hydrogens is 192 g/mol. The molecule has 0 aliphatic rings. The minimum Gasteiger partial charge on any atom is -0.364 e. The Morgan fingerprint density at radius 3 is 1.57 bits per heavy atom. The lowest BCUT2D eigenvalue weighted by Crippen LogP contribution is -2.23. The Balaban J connectivity index is 0. The average Bonchev–Trinajstić information content (AvgIpc) is 2.13. The molecule has 14 heavy (non-hydrogen) atoms. The van der Waals surface area contributed by atoms with Crippen LogP contribution in [0.25, 0.3) is 0 Å². The molecule has 2 atom stereocenters. The fourth-order valence-electron chi connectivity index (χ4n) is 0.425. The van der Waals surface area contributed by atoms with Crippen LogP contribution in [0.1, 0.15) is 0 Å². The first-order chi connectivity index (χ1) is 6.36. The first-order valence-corrected chi connectivity index (χ1v) is 3.52. The zero-order valence-corrected chi connectivity index (χ0v) is 8.14. The second-order valence-electron chi connectivity index (χ2n) is 2.15. The lowest BCUT2D eigenvalue weighted by molar-refractivity contribution is -0.105. The summed E-state index contributed by atoms with van der Waals surface area (Å²) in [5.74, 6) is 0. The molecule has 7 heteroatoms. The second kappa shape index (κ2) is 8.45. The van der Waals surface area contributed by atoms with Crippen molar-refractivity contribution < 1.29 is 24.5 Å². The van der Waals surface area contributed by atoms with Gasteiger partial charge in [-0.3, -0.25) is 0 Å². The van der Waals surface area contributed by atoms with Gasteiger partial charge in [-0.25, -0.2) is 4.79 Å². The molecule has 0 aliphatic heterocycles. The van der Waals surface area contributed by atoms with Gasteiger partial charge in [0, 0.05) is 19.8 Å². The Labute approximate surface area is 81.9 Å². The van der Waals surface area contributed by atoms with Gasteiger partial charge in [0.1, 0.15) is 0 Å². The molecule has 84 valence electrons. The molecule has 0 spiro atoms. The summed E-state index contributed by atoms with van der Waals surface area (Å²) < 4.78 is 8.90. The Kier molecular flexibility index (Phi) is 9.25. The van der Waals surface area contributed by atoms with Crippen molar-refractivity contribution in [1.29, 1.82) is 0 Å². The van der Waals surface area contributed by atoms with Crippen molar-refractivity contribution in [2.75, 3.05) is 14.2 Å². The van der Waals surface area contributed by atoms with E-state index in [1.165, 1.54) is 14.2 Å². The third-order valence-corrected chi connectivity index (χ3v) is 1.08. The highest BCUT2D eigenvalue weighted by Crippen LogP contribution is 2.05. The molecular formula is C7H16N2O5. The summed E-state index contributed by atoms with van der Waals surface area (Å²) in [7, 11) is 2.61. The predicted octanol–water partition coefficient (Wildman–Crippen LogP) is -1.50. The third kappa shape index (κ3) is 8.94. The van der Waals surface area contributed by atoms with Gasteiger partial charge < -0.3 is 31.2 Å². The van der Waals surface area contributed by atoms with Crippen molar-refractivity contribution in [3.05, 3.63) is 12.2 Å². The van der Waals surface area contributed by atoms with Crippen molar-refractivity contribution in [2.24, 2.45) is 11.5 Å². The van der Waals surface area contributed by atoms with Crippen molar-refractivity contribution in [2.45, 2.75) is 12.6 Å². The number of carbonyl (C=O) groups is 1. The van der Waals surface area contributed by atoms with Crippen LogP contribution in [0.4, 0.5) is 4.79 Å². The van der Waals surface area contributed by atoms with Gasteiger partial charge in [0.05, 0.1) is 0 Å². The number of methoxy groups -OCH3 is 2. The largest absolute Gasteiger partial charge is 0.364 e. The van der Waals surface area contributed by atoms with E-state index in [4.69, 9.17) is 15.0 Å². The van der Waals surface area contributed by atoms with E-state index < -0.39 is 18.6 Å². The number of aliphatic hydroxyl groups excluding tert-OH is 2. The van der Waals surface area contributed by atoms with Gasteiger partial charge in [0.2, 0.25) is 0 Å². The molecule has 0 heterocycles. The molecule has 0 aromatic carbocycles. The molecule has 6 N–H and O–H groups in total. The number of nitrogens with two attached hydrogens (primary N) is 2. The maximum Gasteiger partial charge on any atom is 0.309 e. The molecule has 2 unspecified atom stereocenters. The van der Waals surface area contributed by atoms with Gasteiger partial charge in [0.25, 0.3) is 0 Å². The van der Waals surface area contributed by atoms with Crippen LogP contribution in [-0.2, 0) is 9.47 Å². The molecule has 0 rings (SSSR count). The number of amides is 2. The minimum atomic E-state index is -1.17. The molecule has 0 saturated carbocycles. The van der Waals surface area contributed by atoms with Crippen molar-refractivity contribution >= 4 is 6.03 Å². The fourth-order valence-corrected chi connectivity index (χ4v) is 0.425. The number of primary amides is 2. The van der Waals surface area contributed by atoms with Gasteiger partial charge in [-0.15, -0.1) is 0 Å². The summed E-state index contributed by atoms with van der Waals surface area (Å²) in [4.78, 5) is 9.00. The van der Waals surface area contributed by atoms with E-state index in [-0.39, 0.29) is 5.57 Å². The summed E-state index contributed by atoms with van der Waals surface area (Å²) in [5, 5.41) is 17.7. The summed E-state index contributed by atoms with van der Waals surface area (Å²) in [6.45, 7) is 3.35. The molecule has 0 aliphatic carbocycles. The minimum absolute atomic E-state index is 0.0880. The quantitative estimate of drug-likeness (QED) is 0.330. The van der Waals surface area contributed by atoms with Crippen molar-refractivity contribution in [3.63, 3.8) is 0 Å². The lowest BCUT2D eigenvalue weighted by atomic mass is 10.3. The Hall–Kier alpha value is -1.15. The zero-order chi connectivity index (χ0) is 11.7. The van der Waals surface area contributed by atoms with E-state index in [1.54, 1.807) is 0 Å². The van der Waals surface area contributed by atoms with Crippen molar-refractivity contribution in [3.8, 4) is 0 Å². The van der Waals surface area contributed by atoms with Crippen LogP contribution in [0.2, 0.25) is 0 Å². The maximum atomic E-state index is 9.00. The van der Waals surface area contributed by atoms with E-state index in [1.807, 2.05) is 0 Å². The van der Waals surface area contributed by atoms with E-state index >= 15 is 0 Å². The molecule has 0 radical (unpaired) electrons. The monoisotopic (exact) mass is 208 g/mol. The van der Waals surface area contributed by atoms with Gasteiger partial charge >= 0.3 is 6.03 Å². The molecule has 0 aromatic rings. The van der Waals surface area contributed by atoms with Crippen molar-refractivity contribution in [1.82, 2.24) is 0 Å². The van der Waals surface area contributed by atoms with Crippen LogP contribution in [0, 0.1) is 0 Å². The van der Waals surface area contributed by atoms with Gasteiger partial charge in [-0.05, 0) is 0 Å². The van der Waals surface area contributed by atoms with Crippen LogP contribution in [-0.4, -0.2) is 43.0 Å². The molecule has 0 fully saturated rings. The molecule has 0 saturated heterocycles. The Morgan fingerprint density at radius 2 is 1.43 bits per heavy atom. The summed E-state index contributed by atoms with van der Waals surface area (Å²) in [6.07, 6.45) is -2.34. The maximum absolute atomic E-state index is 9.00. The number of aliphatic hydroxyl groups is 2. The van der Waals surface area contributed by atoms with Gasteiger partial charge in [-0.2, -0.15) is 0 Å². The summed E-state index contributed by atoms with van der Waals surface area (Å²) in [6, 6.07) is -0.833. The number of ether oxygens (including phenoxy) is 2. The number of hydrogen-bond acceptors (Lipinski definition) is 5. The van der Waals surface area contributed by atoms with Crippen LogP contribution in [0.3, 0.4) is 0 Å². The van der Waals surface area contributed by atoms with Crippen LogP contribution in [0.5, 0.6) is 0 Å². The summed E-state index contributed by atoms with van der Waals surface area (Å²) in [5.41, 5.74) is 8.59.